The first kappa shape index (κ1) is 24.7. The molecule has 4 N–H and O–H groups in total. The molecule has 4 atom stereocenters. The van der Waals surface area contributed by atoms with Crippen molar-refractivity contribution in [3.05, 3.63) is 88.7 Å². The zero-order valence-electron chi connectivity index (χ0n) is 19.9. The van der Waals surface area contributed by atoms with Crippen molar-refractivity contribution in [2.75, 3.05) is 13.2 Å². The van der Waals surface area contributed by atoms with Gasteiger partial charge in [-0.05, 0) is 35.4 Å². The van der Waals surface area contributed by atoms with Crippen molar-refractivity contribution in [3.8, 4) is 23.3 Å². The van der Waals surface area contributed by atoms with E-state index in [-0.39, 0.29) is 45.9 Å². The van der Waals surface area contributed by atoms with E-state index in [4.69, 9.17) is 18.9 Å². The van der Waals surface area contributed by atoms with Crippen LogP contribution in [-0.4, -0.2) is 57.8 Å². The van der Waals surface area contributed by atoms with Crippen LogP contribution in [0, 0.1) is 0 Å². The number of aromatic amines is 2. The molecule has 2 fully saturated rings. The summed E-state index contributed by atoms with van der Waals surface area (Å²) in [7, 11) is 0. The van der Waals surface area contributed by atoms with Crippen molar-refractivity contribution in [1.82, 2.24) is 9.97 Å². The van der Waals surface area contributed by atoms with Crippen molar-refractivity contribution in [1.29, 1.82) is 0 Å². The van der Waals surface area contributed by atoms with E-state index in [0.717, 1.165) is 33.8 Å². The van der Waals surface area contributed by atoms with Crippen LogP contribution in [0.2, 0.25) is 0 Å². The molecule has 0 bridgehead atoms. The van der Waals surface area contributed by atoms with E-state index in [0.29, 0.717) is 47.3 Å². The van der Waals surface area contributed by atoms with Crippen LogP contribution < -0.4 is 19.2 Å². The Morgan fingerprint density at radius 2 is 1.11 bits per heavy atom. The molecule has 2 aromatic heterocycles. The molecule has 4 aromatic rings. The molecule has 12 heteroatoms. The van der Waals surface area contributed by atoms with E-state index in [9.17, 15) is 19.8 Å². The van der Waals surface area contributed by atoms with Crippen LogP contribution in [0.4, 0.5) is 0 Å². The Bertz CT molecular complexity index is 1410. The molecule has 0 unspecified atom stereocenters. The zero-order chi connectivity index (χ0) is 26.2. The Kier molecular flexibility index (Phi) is 6.70. The third-order valence-corrected chi connectivity index (χ3v) is 8.26. The van der Waals surface area contributed by atoms with E-state index in [1.165, 1.54) is 0 Å². The summed E-state index contributed by atoms with van der Waals surface area (Å²) in [5.74, 6) is 1.18. The van der Waals surface area contributed by atoms with Gasteiger partial charge in [-0.1, -0.05) is 46.9 Å². The number of H-pyrrole nitrogens is 2. The zero-order valence-corrected chi connectivity index (χ0v) is 21.6. The van der Waals surface area contributed by atoms with Crippen molar-refractivity contribution >= 4 is 22.7 Å². The first-order valence-electron chi connectivity index (χ1n) is 12.0. The molecule has 6 rings (SSSR count). The highest BCUT2D eigenvalue weighted by molar-refractivity contribution is 7.09. The number of fused-ring (bicyclic) bond motifs is 1. The lowest BCUT2D eigenvalue weighted by atomic mass is 10.1. The van der Waals surface area contributed by atoms with E-state index < -0.39 is 0 Å². The summed E-state index contributed by atoms with van der Waals surface area (Å²) in [6, 6.07) is 15.0. The molecule has 4 heterocycles. The lowest BCUT2D eigenvalue weighted by molar-refractivity contribution is 0.0181. The standard InChI is InChI=1S/C26H24N2O8S2/c29-23-19(37-25(31)27-23)9-13-1-5-15(6-2-13)35-17-11-33-22-18(12-34-21(17)22)36-16-7-3-14(4-8-16)10-20-24(30)28-26(32)38-20/h1-8,17-18,21-22,29-30H,9-12H2,(H,27,31)(H,28,32)/t17-,18+,21-,22-/m1/s1. The maximum atomic E-state index is 11.4. The van der Waals surface area contributed by atoms with Crippen molar-refractivity contribution in [2.45, 2.75) is 37.3 Å². The first-order chi connectivity index (χ1) is 18.4. The van der Waals surface area contributed by atoms with Gasteiger partial charge in [0.2, 0.25) is 11.8 Å². The number of aromatic hydroxyl groups is 2. The molecule has 2 aliphatic rings. The molecule has 38 heavy (non-hydrogen) atoms. The SMILES string of the molecule is O=c1[nH]c(O)c(Cc2ccc(O[C@H]3CO[C@H]4[C@@H]3OC[C@H]4Oc3ccc(Cc4sc(=O)[nH]c4O)cc3)cc2)s1. The summed E-state index contributed by atoms with van der Waals surface area (Å²) in [5, 5.41) is 19.6. The molecular weight excluding hydrogens is 532 g/mol. The third kappa shape index (κ3) is 5.20. The summed E-state index contributed by atoms with van der Waals surface area (Å²) in [5.41, 5.74) is 1.89. The Morgan fingerprint density at radius 1 is 0.711 bits per heavy atom. The van der Waals surface area contributed by atoms with Gasteiger partial charge < -0.3 is 29.2 Å². The van der Waals surface area contributed by atoms with Crippen molar-refractivity contribution < 1.29 is 29.2 Å². The minimum Gasteiger partial charge on any atom is -0.494 e. The van der Waals surface area contributed by atoms with Gasteiger partial charge in [0, 0.05) is 12.8 Å². The summed E-state index contributed by atoms with van der Waals surface area (Å²) in [4.78, 5) is 28.2. The Morgan fingerprint density at radius 3 is 1.45 bits per heavy atom. The fraction of sp³-hybridized carbons (Fsp3) is 0.308. The van der Waals surface area contributed by atoms with Crippen LogP contribution in [-0.2, 0) is 22.3 Å². The van der Waals surface area contributed by atoms with Crippen LogP contribution in [0.5, 0.6) is 23.3 Å². The smallest absolute Gasteiger partial charge is 0.307 e. The van der Waals surface area contributed by atoms with Gasteiger partial charge in [0.05, 0.1) is 23.0 Å². The second-order valence-electron chi connectivity index (χ2n) is 9.12. The number of benzene rings is 2. The van der Waals surface area contributed by atoms with Crippen LogP contribution >= 0.6 is 22.7 Å². The molecule has 10 nitrogen and oxygen atoms in total. The van der Waals surface area contributed by atoms with Gasteiger partial charge in [-0.25, -0.2) is 0 Å². The quantitative estimate of drug-likeness (QED) is 0.260. The number of thiazole rings is 2. The minimum atomic E-state index is -0.280. The van der Waals surface area contributed by atoms with E-state index in [2.05, 4.69) is 9.97 Å². The molecule has 0 amide bonds. The summed E-state index contributed by atoms with van der Waals surface area (Å²) in [6.07, 6.45) is -0.165. The lowest BCUT2D eigenvalue weighted by Crippen LogP contribution is -2.36. The van der Waals surface area contributed by atoms with E-state index in [1.54, 1.807) is 0 Å². The second-order valence-corrected chi connectivity index (χ2v) is 11.3. The van der Waals surface area contributed by atoms with Crippen LogP contribution in [0.3, 0.4) is 0 Å². The maximum absolute atomic E-state index is 11.4. The Labute approximate surface area is 224 Å². The van der Waals surface area contributed by atoms with Gasteiger partial charge in [-0.2, -0.15) is 0 Å². The fourth-order valence-corrected chi connectivity index (χ4v) is 6.18. The molecule has 0 radical (unpaired) electrons. The topological polar surface area (TPSA) is 143 Å². The number of nitrogens with one attached hydrogen (secondary N) is 2. The molecule has 2 saturated heterocycles. The molecular formula is C26H24N2O8S2. The highest BCUT2D eigenvalue weighted by Crippen LogP contribution is 2.33. The minimum absolute atomic E-state index is 0.0862. The number of aromatic nitrogens is 2. The lowest BCUT2D eigenvalue weighted by Gasteiger charge is -2.19. The maximum Gasteiger partial charge on any atom is 0.307 e. The van der Waals surface area contributed by atoms with Crippen LogP contribution in [0.25, 0.3) is 0 Å². The largest absolute Gasteiger partial charge is 0.494 e. The van der Waals surface area contributed by atoms with Gasteiger partial charge in [-0.3, -0.25) is 19.6 Å². The number of ether oxygens (including phenoxy) is 4. The molecule has 2 aliphatic heterocycles. The molecule has 0 spiro atoms. The number of rotatable bonds is 8. The first-order valence-corrected chi connectivity index (χ1v) is 13.6. The average molecular weight is 557 g/mol. The van der Waals surface area contributed by atoms with Gasteiger partial charge in [0.15, 0.2) is 12.2 Å². The van der Waals surface area contributed by atoms with Gasteiger partial charge in [0.1, 0.15) is 23.7 Å². The summed E-state index contributed by atoms with van der Waals surface area (Å²) in [6.45, 7) is 0.758. The normalized spacial score (nSPS) is 22.4. The van der Waals surface area contributed by atoms with E-state index >= 15 is 0 Å². The molecule has 0 aliphatic carbocycles. The van der Waals surface area contributed by atoms with Crippen LogP contribution in [0.1, 0.15) is 20.9 Å². The highest BCUT2D eigenvalue weighted by atomic mass is 32.1. The predicted molar refractivity (Wildman–Crippen MR) is 140 cm³/mol. The summed E-state index contributed by atoms with van der Waals surface area (Å²) < 4.78 is 24.3. The fourth-order valence-electron chi connectivity index (χ4n) is 4.67. The number of hydrogen-bond acceptors (Lipinski definition) is 10. The third-order valence-electron chi connectivity index (χ3n) is 6.51. The van der Waals surface area contributed by atoms with Gasteiger partial charge in [-0.15, -0.1) is 0 Å². The van der Waals surface area contributed by atoms with Crippen molar-refractivity contribution in [2.24, 2.45) is 0 Å². The summed E-state index contributed by atoms with van der Waals surface area (Å²) >= 11 is 1.99. The monoisotopic (exact) mass is 556 g/mol. The van der Waals surface area contributed by atoms with E-state index in [1.807, 2.05) is 48.5 Å². The number of hydrogen-bond donors (Lipinski definition) is 4. The second kappa shape index (κ2) is 10.3. The van der Waals surface area contributed by atoms with Gasteiger partial charge >= 0.3 is 9.75 Å². The predicted octanol–water partition coefficient (Wildman–Crippen LogP) is 2.77. The highest BCUT2D eigenvalue weighted by Gasteiger charge is 2.50. The Balaban J connectivity index is 1.03. The average Bonchev–Trinajstić information content (AvgIpc) is 3.63. The molecule has 0 saturated carbocycles. The molecule has 2 aromatic carbocycles. The molecule has 198 valence electrons. The Hall–Kier alpha value is -3.58. The van der Waals surface area contributed by atoms with Gasteiger partial charge in [0.25, 0.3) is 0 Å². The van der Waals surface area contributed by atoms with Crippen molar-refractivity contribution in [3.63, 3.8) is 0 Å². The van der Waals surface area contributed by atoms with Crippen LogP contribution in [0.15, 0.2) is 58.1 Å².